The van der Waals surface area contributed by atoms with Crippen molar-refractivity contribution in [1.82, 2.24) is 4.98 Å². The molecule has 0 unspecified atom stereocenters. The van der Waals surface area contributed by atoms with Gasteiger partial charge in [0.2, 0.25) is 0 Å². The van der Waals surface area contributed by atoms with Gasteiger partial charge in [0.15, 0.2) is 0 Å². The maximum atomic E-state index is 11.0. The fourth-order valence-electron chi connectivity index (χ4n) is 1.42. The molecular formula is C9H8BNO4. The van der Waals surface area contributed by atoms with Gasteiger partial charge in [0.1, 0.15) is 5.75 Å². The summed E-state index contributed by atoms with van der Waals surface area (Å²) in [5.41, 5.74) is 0.180. The monoisotopic (exact) mass is 205 g/mol. The average Bonchev–Trinajstić information content (AvgIpc) is 2.16. The van der Waals surface area contributed by atoms with E-state index in [0.29, 0.717) is 10.9 Å². The maximum absolute atomic E-state index is 11.0. The Morgan fingerprint density at radius 1 is 1.20 bits per heavy atom. The Morgan fingerprint density at radius 2 is 1.93 bits per heavy atom. The summed E-state index contributed by atoms with van der Waals surface area (Å²) in [6, 6.07) is 5.44. The van der Waals surface area contributed by atoms with E-state index >= 15 is 0 Å². The van der Waals surface area contributed by atoms with Gasteiger partial charge in [0.25, 0.3) is 5.56 Å². The van der Waals surface area contributed by atoms with Crippen LogP contribution in [0.1, 0.15) is 0 Å². The first-order chi connectivity index (χ1) is 7.08. The van der Waals surface area contributed by atoms with Crippen LogP contribution < -0.4 is 11.0 Å². The van der Waals surface area contributed by atoms with Gasteiger partial charge in [0.05, 0.1) is 5.52 Å². The van der Waals surface area contributed by atoms with E-state index in [9.17, 15) is 9.90 Å². The molecule has 6 heteroatoms. The largest absolute Gasteiger partial charge is 0.507 e. The van der Waals surface area contributed by atoms with Crippen molar-refractivity contribution in [3.63, 3.8) is 0 Å². The molecule has 0 radical (unpaired) electrons. The molecule has 0 amide bonds. The van der Waals surface area contributed by atoms with E-state index in [1.165, 1.54) is 18.2 Å². The lowest BCUT2D eigenvalue weighted by molar-refractivity contribution is 0.426. The number of aromatic hydroxyl groups is 1. The highest BCUT2D eigenvalue weighted by atomic mass is 16.4. The van der Waals surface area contributed by atoms with Crippen LogP contribution in [0, 0.1) is 0 Å². The van der Waals surface area contributed by atoms with Crippen molar-refractivity contribution >= 4 is 23.5 Å². The molecule has 0 atom stereocenters. The second-order valence-electron chi connectivity index (χ2n) is 3.20. The van der Waals surface area contributed by atoms with Gasteiger partial charge < -0.3 is 20.1 Å². The zero-order valence-electron chi connectivity index (χ0n) is 7.64. The van der Waals surface area contributed by atoms with E-state index in [2.05, 4.69) is 4.98 Å². The van der Waals surface area contributed by atoms with Crippen LogP contribution in [0.25, 0.3) is 10.9 Å². The Hall–Kier alpha value is -1.79. The average molecular weight is 205 g/mol. The molecule has 15 heavy (non-hydrogen) atoms. The van der Waals surface area contributed by atoms with Gasteiger partial charge in [-0.15, -0.1) is 0 Å². The second-order valence-corrected chi connectivity index (χ2v) is 3.20. The van der Waals surface area contributed by atoms with Crippen LogP contribution in [-0.2, 0) is 0 Å². The number of aromatic nitrogens is 1. The normalized spacial score (nSPS) is 10.5. The van der Waals surface area contributed by atoms with E-state index in [-0.39, 0.29) is 11.2 Å². The first kappa shape index (κ1) is 9.76. The predicted molar refractivity (Wildman–Crippen MR) is 56.1 cm³/mol. The molecule has 4 N–H and O–H groups in total. The molecule has 0 bridgehead atoms. The predicted octanol–water partition coefficient (Wildman–Crippen LogP) is -1.09. The Labute approximate surface area is 84.8 Å². The number of pyridine rings is 1. The summed E-state index contributed by atoms with van der Waals surface area (Å²) in [6.07, 6.45) is 0. The molecule has 1 aromatic heterocycles. The van der Waals surface area contributed by atoms with Gasteiger partial charge in [-0.1, -0.05) is 6.07 Å². The van der Waals surface area contributed by atoms with Crippen molar-refractivity contribution in [2.75, 3.05) is 0 Å². The minimum absolute atomic E-state index is 0.132. The Kier molecular flexibility index (Phi) is 2.22. The fraction of sp³-hybridized carbons (Fsp3) is 0. The van der Waals surface area contributed by atoms with Crippen LogP contribution in [-0.4, -0.2) is 27.3 Å². The Bertz CT molecular complexity index is 564. The van der Waals surface area contributed by atoms with Gasteiger partial charge >= 0.3 is 7.12 Å². The van der Waals surface area contributed by atoms with Crippen molar-refractivity contribution in [2.24, 2.45) is 0 Å². The number of hydrogen-bond acceptors (Lipinski definition) is 4. The summed E-state index contributed by atoms with van der Waals surface area (Å²) in [5, 5.41) is 27.7. The van der Waals surface area contributed by atoms with Crippen molar-refractivity contribution < 1.29 is 15.2 Å². The zero-order chi connectivity index (χ0) is 11.0. The van der Waals surface area contributed by atoms with E-state index in [1.807, 2.05) is 0 Å². The van der Waals surface area contributed by atoms with Crippen molar-refractivity contribution in [2.45, 2.75) is 0 Å². The van der Waals surface area contributed by atoms with Gasteiger partial charge in [0, 0.05) is 11.5 Å². The van der Waals surface area contributed by atoms with Gasteiger partial charge in [-0.3, -0.25) is 4.79 Å². The number of rotatable bonds is 1. The minimum atomic E-state index is -1.60. The van der Waals surface area contributed by atoms with E-state index in [1.54, 1.807) is 0 Å². The molecule has 0 spiro atoms. The van der Waals surface area contributed by atoms with E-state index < -0.39 is 12.7 Å². The summed E-state index contributed by atoms with van der Waals surface area (Å²) < 4.78 is 0. The molecular weight excluding hydrogens is 197 g/mol. The van der Waals surface area contributed by atoms with Gasteiger partial charge in [-0.2, -0.15) is 0 Å². The molecule has 1 heterocycles. The highest BCUT2D eigenvalue weighted by molar-refractivity contribution is 6.58. The Morgan fingerprint density at radius 3 is 2.60 bits per heavy atom. The molecule has 0 aliphatic rings. The number of hydrogen-bond donors (Lipinski definition) is 4. The quantitative estimate of drug-likeness (QED) is 0.445. The van der Waals surface area contributed by atoms with Crippen molar-refractivity contribution in [3.05, 3.63) is 34.6 Å². The highest BCUT2D eigenvalue weighted by Gasteiger charge is 2.12. The smallest absolute Gasteiger partial charge is 0.488 e. The van der Waals surface area contributed by atoms with Crippen molar-refractivity contribution in [3.8, 4) is 5.75 Å². The van der Waals surface area contributed by atoms with Gasteiger partial charge in [-0.05, 0) is 17.6 Å². The third-order valence-electron chi connectivity index (χ3n) is 2.14. The number of fused-ring (bicyclic) bond motifs is 1. The molecule has 0 aliphatic heterocycles. The highest BCUT2D eigenvalue weighted by Crippen LogP contribution is 2.18. The summed E-state index contributed by atoms with van der Waals surface area (Å²) in [5.74, 6) is -0.132. The molecule has 2 rings (SSSR count). The second kappa shape index (κ2) is 3.41. The molecule has 1 aromatic carbocycles. The maximum Gasteiger partial charge on any atom is 0.488 e. The SMILES string of the molecule is O=c1cc(O)c2ccc(B(O)O)cc2[nH]1. The molecule has 5 nitrogen and oxygen atoms in total. The van der Waals surface area contributed by atoms with E-state index in [0.717, 1.165) is 6.07 Å². The lowest BCUT2D eigenvalue weighted by atomic mass is 9.80. The topological polar surface area (TPSA) is 93.6 Å². The molecule has 0 saturated carbocycles. The molecule has 0 fully saturated rings. The van der Waals surface area contributed by atoms with Crippen LogP contribution in [0.4, 0.5) is 0 Å². The number of benzene rings is 1. The Balaban J connectivity index is 2.76. The summed E-state index contributed by atoms with van der Waals surface area (Å²) in [7, 11) is -1.60. The number of aromatic amines is 1. The van der Waals surface area contributed by atoms with Crippen LogP contribution >= 0.6 is 0 Å². The van der Waals surface area contributed by atoms with Gasteiger partial charge in [-0.25, -0.2) is 0 Å². The van der Waals surface area contributed by atoms with Crippen LogP contribution in [0.15, 0.2) is 29.1 Å². The van der Waals surface area contributed by atoms with E-state index in [4.69, 9.17) is 10.0 Å². The fourth-order valence-corrected chi connectivity index (χ4v) is 1.42. The van der Waals surface area contributed by atoms with Crippen LogP contribution in [0.2, 0.25) is 0 Å². The first-order valence-corrected chi connectivity index (χ1v) is 4.30. The van der Waals surface area contributed by atoms with Crippen LogP contribution in [0.5, 0.6) is 5.75 Å². The first-order valence-electron chi connectivity index (χ1n) is 4.30. The molecule has 0 saturated heterocycles. The lowest BCUT2D eigenvalue weighted by Crippen LogP contribution is -2.29. The number of nitrogens with one attached hydrogen (secondary N) is 1. The minimum Gasteiger partial charge on any atom is -0.507 e. The summed E-state index contributed by atoms with van der Waals surface area (Å²) >= 11 is 0. The lowest BCUT2D eigenvalue weighted by Gasteiger charge is -2.03. The van der Waals surface area contributed by atoms with Crippen molar-refractivity contribution in [1.29, 1.82) is 0 Å². The third-order valence-corrected chi connectivity index (χ3v) is 2.14. The number of H-pyrrole nitrogens is 1. The third kappa shape index (κ3) is 1.72. The molecule has 76 valence electrons. The van der Waals surface area contributed by atoms with Crippen LogP contribution in [0.3, 0.4) is 0 Å². The molecule has 2 aromatic rings. The summed E-state index contributed by atoms with van der Waals surface area (Å²) in [4.78, 5) is 13.5. The standard InChI is InChI=1S/C9H8BNO4/c12-8-4-9(13)11-7-3-5(10(14)15)1-2-6(7)8/h1-4,14-15H,(H2,11,12,13). The zero-order valence-corrected chi connectivity index (χ0v) is 7.64. The summed E-state index contributed by atoms with van der Waals surface area (Å²) in [6.45, 7) is 0. The molecule has 0 aliphatic carbocycles.